The Hall–Kier alpha value is -3.76. The fourth-order valence-electron chi connectivity index (χ4n) is 4.62. The molecule has 0 aliphatic carbocycles. The molecule has 1 atom stereocenters. The van der Waals surface area contributed by atoms with Crippen molar-refractivity contribution in [1.29, 1.82) is 0 Å². The summed E-state index contributed by atoms with van der Waals surface area (Å²) < 4.78 is 39.9. The number of nitrogens with zero attached hydrogens (tertiary/aromatic N) is 2. The molecule has 0 radical (unpaired) electrons. The zero-order valence-electron chi connectivity index (χ0n) is 25.7. The lowest BCUT2D eigenvalue weighted by Gasteiger charge is -2.35. The average Bonchev–Trinajstić information content (AvgIpc) is 2.94. The van der Waals surface area contributed by atoms with Gasteiger partial charge in [0.25, 0.3) is 10.0 Å². The molecule has 0 aliphatic heterocycles. The molecule has 0 aliphatic rings. The van der Waals surface area contributed by atoms with Crippen LogP contribution in [0.1, 0.15) is 45.2 Å². The maximum atomic E-state index is 14.2. The molecule has 0 spiro atoms. The molecular formula is C32H40ClN3O6S. The Kier molecular flexibility index (Phi) is 11.1. The second-order valence-electron chi connectivity index (χ2n) is 11.2. The number of carbonyl (C=O) groups is 2. The summed E-state index contributed by atoms with van der Waals surface area (Å²) in [6.45, 7) is 8.90. The van der Waals surface area contributed by atoms with Crippen molar-refractivity contribution >= 4 is 39.1 Å². The monoisotopic (exact) mass is 629 g/mol. The molecule has 0 fully saturated rings. The first-order valence-electron chi connectivity index (χ1n) is 13.9. The van der Waals surface area contributed by atoms with Gasteiger partial charge in [-0.05, 0) is 76.1 Å². The van der Waals surface area contributed by atoms with Crippen molar-refractivity contribution in [3.63, 3.8) is 0 Å². The number of halogens is 1. The number of carbonyl (C=O) groups excluding carboxylic acids is 2. The van der Waals surface area contributed by atoms with Crippen LogP contribution in [0.5, 0.6) is 11.5 Å². The van der Waals surface area contributed by atoms with Gasteiger partial charge in [0.15, 0.2) is 11.5 Å². The fraction of sp³-hybridized carbons (Fsp3) is 0.375. The minimum atomic E-state index is -4.31. The summed E-state index contributed by atoms with van der Waals surface area (Å²) in [7, 11) is -1.45. The molecule has 3 rings (SSSR count). The van der Waals surface area contributed by atoms with Gasteiger partial charge in [-0.3, -0.25) is 13.9 Å². The summed E-state index contributed by atoms with van der Waals surface area (Å²) in [5.74, 6) is -0.291. The Morgan fingerprint density at radius 1 is 0.953 bits per heavy atom. The number of aryl methyl sites for hydroxylation is 1. The molecule has 0 unspecified atom stereocenters. The number of anilines is 1. The Bertz CT molecular complexity index is 1540. The van der Waals surface area contributed by atoms with Crippen LogP contribution >= 0.6 is 11.6 Å². The van der Waals surface area contributed by atoms with E-state index in [2.05, 4.69) is 5.32 Å². The van der Waals surface area contributed by atoms with E-state index in [0.717, 1.165) is 15.4 Å². The van der Waals surface area contributed by atoms with E-state index in [0.29, 0.717) is 17.2 Å². The Morgan fingerprint density at radius 2 is 1.60 bits per heavy atom. The Labute approximate surface area is 259 Å². The molecule has 0 bridgehead atoms. The SMILES string of the molecule is CC[C@H](C(=O)NC(C)(C)C)N(Cc1cccc(C)c1)C(=O)CN(c1ccc(Cl)cc1)S(=O)(=O)c1ccc(OC)c(OC)c1. The highest BCUT2D eigenvalue weighted by Crippen LogP contribution is 2.33. The van der Waals surface area contributed by atoms with Crippen LogP contribution in [0.4, 0.5) is 5.69 Å². The van der Waals surface area contributed by atoms with Crippen molar-refractivity contribution in [1.82, 2.24) is 10.2 Å². The minimum Gasteiger partial charge on any atom is -0.493 e. The molecule has 9 nitrogen and oxygen atoms in total. The second-order valence-corrected chi connectivity index (χ2v) is 13.5. The van der Waals surface area contributed by atoms with E-state index in [4.69, 9.17) is 21.1 Å². The third-order valence-electron chi connectivity index (χ3n) is 6.66. The summed E-state index contributed by atoms with van der Waals surface area (Å²) in [5.41, 5.74) is 1.51. The quantitative estimate of drug-likeness (QED) is 0.280. The number of nitrogens with one attached hydrogen (secondary N) is 1. The molecule has 0 saturated heterocycles. The Morgan fingerprint density at radius 3 is 2.16 bits per heavy atom. The topological polar surface area (TPSA) is 105 Å². The van der Waals surface area contributed by atoms with Crippen LogP contribution in [0.15, 0.2) is 71.6 Å². The normalized spacial score (nSPS) is 12.3. The van der Waals surface area contributed by atoms with E-state index < -0.39 is 34.1 Å². The predicted octanol–water partition coefficient (Wildman–Crippen LogP) is 5.58. The van der Waals surface area contributed by atoms with E-state index in [1.807, 2.05) is 58.9 Å². The number of sulfonamides is 1. The molecule has 11 heteroatoms. The van der Waals surface area contributed by atoms with Gasteiger partial charge < -0.3 is 19.7 Å². The first kappa shape index (κ1) is 33.7. The van der Waals surface area contributed by atoms with Gasteiger partial charge in [0.1, 0.15) is 12.6 Å². The molecule has 0 saturated carbocycles. The molecule has 0 aromatic heterocycles. The van der Waals surface area contributed by atoms with E-state index in [-0.39, 0.29) is 28.8 Å². The second kappa shape index (κ2) is 14.1. The maximum absolute atomic E-state index is 14.2. The summed E-state index contributed by atoms with van der Waals surface area (Å²) in [4.78, 5) is 29.0. The van der Waals surface area contributed by atoms with Gasteiger partial charge in [0.2, 0.25) is 11.8 Å². The largest absolute Gasteiger partial charge is 0.493 e. The number of hydrogen-bond acceptors (Lipinski definition) is 6. The van der Waals surface area contributed by atoms with Crippen molar-refractivity contribution in [2.75, 3.05) is 25.1 Å². The van der Waals surface area contributed by atoms with E-state index in [1.165, 1.54) is 49.5 Å². The van der Waals surface area contributed by atoms with Gasteiger partial charge in [-0.25, -0.2) is 8.42 Å². The lowest BCUT2D eigenvalue weighted by molar-refractivity contribution is -0.141. The van der Waals surface area contributed by atoms with Crippen molar-refractivity contribution < 1.29 is 27.5 Å². The first-order valence-corrected chi connectivity index (χ1v) is 15.7. The van der Waals surface area contributed by atoms with Crippen molar-refractivity contribution in [2.45, 2.75) is 64.1 Å². The number of rotatable bonds is 12. The van der Waals surface area contributed by atoms with Gasteiger partial charge >= 0.3 is 0 Å². The molecule has 232 valence electrons. The number of amides is 2. The Balaban J connectivity index is 2.11. The third-order valence-corrected chi connectivity index (χ3v) is 8.68. The predicted molar refractivity (Wildman–Crippen MR) is 169 cm³/mol. The van der Waals surface area contributed by atoms with Crippen LogP contribution in [0.2, 0.25) is 5.02 Å². The molecular weight excluding hydrogens is 590 g/mol. The van der Waals surface area contributed by atoms with E-state index >= 15 is 0 Å². The number of hydrogen-bond donors (Lipinski definition) is 1. The molecule has 3 aromatic rings. The molecule has 0 heterocycles. The standard InChI is InChI=1S/C32H40ClN3O6S/c1-8-27(31(38)34-32(3,4)5)35(20-23-11-9-10-22(2)18-23)30(37)21-36(25-14-12-24(33)13-15-25)43(39,40)26-16-17-28(41-6)29(19-26)42-7/h9-19,27H,8,20-21H2,1-7H3,(H,34,38)/t27-/m1/s1. The van der Waals surface area contributed by atoms with Gasteiger partial charge in [0.05, 0.1) is 24.8 Å². The third kappa shape index (κ3) is 8.64. The van der Waals surface area contributed by atoms with Gasteiger partial charge in [-0.2, -0.15) is 0 Å². The summed E-state index contributed by atoms with van der Waals surface area (Å²) >= 11 is 6.11. The van der Waals surface area contributed by atoms with Crippen LogP contribution in [0.25, 0.3) is 0 Å². The van der Waals surface area contributed by atoms with E-state index in [9.17, 15) is 18.0 Å². The maximum Gasteiger partial charge on any atom is 0.264 e. The van der Waals surface area contributed by atoms with Crippen molar-refractivity contribution in [3.8, 4) is 11.5 Å². The molecule has 2 amide bonds. The number of ether oxygens (including phenoxy) is 2. The lowest BCUT2D eigenvalue weighted by atomic mass is 10.0. The summed E-state index contributed by atoms with van der Waals surface area (Å²) in [6.07, 6.45) is 0.322. The first-order chi connectivity index (χ1) is 20.2. The number of benzene rings is 3. The highest BCUT2D eigenvalue weighted by molar-refractivity contribution is 7.92. The van der Waals surface area contributed by atoms with Crippen molar-refractivity contribution in [3.05, 3.63) is 82.9 Å². The zero-order valence-corrected chi connectivity index (χ0v) is 27.3. The fourth-order valence-corrected chi connectivity index (χ4v) is 6.18. The summed E-state index contributed by atoms with van der Waals surface area (Å²) in [5, 5.41) is 3.38. The average molecular weight is 630 g/mol. The molecule has 1 N–H and O–H groups in total. The minimum absolute atomic E-state index is 0.101. The molecule has 43 heavy (non-hydrogen) atoms. The van der Waals surface area contributed by atoms with Gasteiger partial charge in [-0.15, -0.1) is 0 Å². The zero-order chi connectivity index (χ0) is 31.9. The van der Waals surface area contributed by atoms with Crippen molar-refractivity contribution in [2.24, 2.45) is 0 Å². The molecule has 3 aromatic carbocycles. The van der Waals surface area contributed by atoms with Crippen LogP contribution in [-0.2, 0) is 26.2 Å². The van der Waals surface area contributed by atoms with Crippen LogP contribution in [-0.4, -0.2) is 57.5 Å². The van der Waals surface area contributed by atoms with Gasteiger partial charge in [-0.1, -0.05) is 48.4 Å². The van der Waals surface area contributed by atoms with Crippen LogP contribution in [0.3, 0.4) is 0 Å². The highest BCUT2D eigenvalue weighted by atomic mass is 35.5. The highest BCUT2D eigenvalue weighted by Gasteiger charge is 2.35. The van der Waals surface area contributed by atoms with E-state index in [1.54, 1.807) is 12.1 Å². The van der Waals surface area contributed by atoms with Gasteiger partial charge in [0, 0.05) is 23.2 Å². The van der Waals surface area contributed by atoms with Crippen LogP contribution in [0, 0.1) is 6.92 Å². The lowest BCUT2D eigenvalue weighted by Crippen LogP contribution is -2.55. The number of methoxy groups -OCH3 is 2. The smallest absolute Gasteiger partial charge is 0.264 e. The van der Waals surface area contributed by atoms with Crippen LogP contribution < -0.4 is 19.1 Å². The summed E-state index contributed by atoms with van der Waals surface area (Å²) in [6, 6.07) is 17.2.